The van der Waals surface area contributed by atoms with E-state index in [1.54, 1.807) is 6.07 Å². The van der Waals surface area contributed by atoms with Gasteiger partial charge in [-0.3, -0.25) is 4.79 Å². The van der Waals surface area contributed by atoms with Gasteiger partial charge in [-0.1, -0.05) is 11.6 Å². The summed E-state index contributed by atoms with van der Waals surface area (Å²) in [5, 5.41) is 9.49. The van der Waals surface area contributed by atoms with Gasteiger partial charge in [0.05, 0.1) is 12.4 Å². The van der Waals surface area contributed by atoms with Gasteiger partial charge < -0.3 is 9.84 Å². The van der Waals surface area contributed by atoms with Crippen LogP contribution < -0.4 is 4.74 Å². The summed E-state index contributed by atoms with van der Waals surface area (Å²) >= 11 is 5.97. The molecule has 0 fully saturated rings. The highest BCUT2D eigenvalue weighted by Crippen LogP contribution is 2.35. The zero-order chi connectivity index (χ0) is 15.1. The summed E-state index contributed by atoms with van der Waals surface area (Å²) in [7, 11) is -3.89. The normalized spacial score (nSPS) is 14.8. The zero-order valence-corrected chi connectivity index (χ0v) is 12.7. The lowest BCUT2D eigenvalue weighted by molar-refractivity contribution is -0.139. The summed E-state index contributed by atoms with van der Waals surface area (Å²) in [5.41, 5.74) is 1.27. The zero-order valence-electron chi connectivity index (χ0n) is 11.1. The Labute approximate surface area is 122 Å². The van der Waals surface area contributed by atoms with Gasteiger partial charge in [0.15, 0.2) is 14.6 Å². The molecule has 0 saturated heterocycles. The molecule has 1 aromatic rings. The van der Waals surface area contributed by atoms with Crippen molar-refractivity contribution in [1.82, 2.24) is 0 Å². The SMILES string of the molecule is CC(C)(C(=O)O)S(=O)(=O)Cc1cc(Cl)cc2c1OCC2. The highest BCUT2D eigenvalue weighted by atomic mass is 35.5. The van der Waals surface area contributed by atoms with Crippen LogP contribution in [-0.2, 0) is 26.8 Å². The average Bonchev–Trinajstić information content (AvgIpc) is 2.75. The van der Waals surface area contributed by atoms with Crippen molar-refractivity contribution in [3.8, 4) is 5.75 Å². The van der Waals surface area contributed by atoms with Crippen LogP contribution in [0.4, 0.5) is 0 Å². The number of hydrogen-bond donors (Lipinski definition) is 1. The minimum atomic E-state index is -3.89. The van der Waals surface area contributed by atoms with Gasteiger partial charge in [-0.25, -0.2) is 8.42 Å². The minimum Gasteiger partial charge on any atom is -0.493 e. The maximum absolute atomic E-state index is 12.3. The third kappa shape index (κ3) is 2.50. The summed E-state index contributed by atoms with van der Waals surface area (Å²) in [6.07, 6.45) is 0.672. The summed E-state index contributed by atoms with van der Waals surface area (Å²) < 4.78 is 28.2. The van der Waals surface area contributed by atoms with E-state index in [1.807, 2.05) is 0 Å². The van der Waals surface area contributed by atoms with E-state index in [0.717, 1.165) is 5.56 Å². The van der Waals surface area contributed by atoms with Crippen molar-refractivity contribution in [2.75, 3.05) is 6.61 Å². The molecule has 0 radical (unpaired) electrons. The summed E-state index contributed by atoms with van der Waals surface area (Å²) in [5.74, 6) is -1.27. The van der Waals surface area contributed by atoms with Gasteiger partial charge in [0.25, 0.3) is 0 Å². The maximum Gasteiger partial charge on any atom is 0.324 e. The van der Waals surface area contributed by atoms with Crippen molar-refractivity contribution in [3.63, 3.8) is 0 Å². The summed E-state index contributed by atoms with van der Waals surface area (Å²) in [6, 6.07) is 3.25. The number of aliphatic carboxylic acids is 1. The molecule has 1 aromatic carbocycles. The Morgan fingerprint density at radius 2 is 2.10 bits per heavy atom. The molecule has 7 heteroatoms. The Kier molecular flexibility index (Phi) is 3.73. The molecule has 1 heterocycles. The fourth-order valence-electron chi connectivity index (χ4n) is 1.97. The Morgan fingerprint density at radius 3 is 2.70 bits per heavy atom. The Balaban J connectivity index is 2.43. The number of hydrogen-bond acceptors (Lipinski definition) is 4. The van der Waals surface area contributed by atoms with E-state index < -0.39 is 26.3 Å². The van der Waals surface area contributed by atoms with E-state index in [2.05, 4.69) is 0 Å². The fraction of sp³-hybridized carbons (Fsp3) is 0.462. The number of carboxylic acid groups (broad SMARTS) is 1. The van der Waals surface area contributed by atoms with Crippen molar-refractivity contribution in [2.24, 2.45) is 0 Å². The highest BCUT2D eigenvalue weighted by molar-refractivity contribution is 7.92. The average molecular weight is 319 g/mol. The third-order valence-corrected chi connectivity index (χ3v) is 6.10. The molecule has 20 heavy (non-hydrogen) atoms. The van der Waals surface area contributed by atoms with Crippen molar-refractivity contribution in [3.05, 3.63) is 28.3 Å². The molecular weight excluding hydrogens is 304 g/mol. The number of sulfone groups is 1. The molecule has 1 aliphatic rings. The molecule has 110 valence electrons. The van der Waals surface area contributed by atoms with Crippen molar-refractivity contribution < 1.29 is 23.1 Å². The lowest BCUT2D eigenvalue weighted by atomic mass is 10.1. The predicted octanol–water partition coefficient (Wildman–Crippen LogP) is 2.05. The Hall–Kier alpha value is -1.27. The van der Waals surface area contributed by atoms with E-state index in [-0.39, 0.29) is 0 Å². The number of halogens is 1. The molecule has 5 nitrogen and oxygen atoms in total. The van der Waals surface area contributed by atoms with Crippen LogP contribution in [0.1, 0.15) is 25.0 Å². The number of carbonyl (C=O) groups is 1. The molecular formula is C13H15ClO5S. The van der Waals surface area contributed by atoms with Crippen LogP contribution >= 0.6 is 11.6 Å². The molecule has 0 spiro atoms. The van der Waals surface area contributed by atoms with E-state index in [0.29, 0.717) is 29.4 Å². The van der Waals surface area contributed by atoms with Crippen LogP contribution in [0, 0.1) is 0 Å². The van der Waals surface area contributed by atoms with E-state index >= 15 is 0 Å². The van der Waals surface area contributed by atoms with Crippen molar-refractivity contribution >= 4 is 27.4 Å². The summed E-state index contributed by atoms with van der Waals surface area (Å²) in [6.45, 7) is 2.83. The van der Waals surface area contributed by atoms with Crippen molar-refractivity contribution in [2.45, 2.75) is 30.8 Å². The van der Waals surface area contributed by atoms with Crippen LogP contribution in [0.25, 0.3) is 0 Å². The first-order chi connectivity index (χ1) is 9.15. The molecule has 2 rings (SSSR count). The number of benzene rings is 1. The second kappa shape index (κ2) is 4.93. The highest BCUT2D eigenvalue weighted by Gasteiger charge is 2.42. The maximum atomic E-state index is 12.3. The van der Waals surface area contributed by atoms with Gasteiger partial charge in [0, 0.05) is 17.0 Å². The summed E-state index contributed by atoms with van der Waals surface area (Å²) in [4.78, 5) is 11.1. The second-order valence-electron chi connectivity index (χ2n) is 5.23. The van der Waals surface area contributed by atoms with Gasteiger partial charge in [-0.05, 0) is 31.5 Å². The molecule has 0 saturated carbocycles. The van der Waals surface area contributed by atoms with Crippen LogP contribution in [0.15, 0.2) is 12.1 Å². The third-order valence-electron chi connectivity index (χ3n) is 3.46. The number of fused-ring (bicyclic) bond motifs is 1. The molecule has 0 aliphatic carbocycles. The first-order valence-electron chi connectivity index (χ1n) is 6.05. The largest absolute Gasteiger partial charge is 0.493 e. The fourth-order valence-corrected chi connectivity index (χ4v) is 3.49. The van der Waals surface area contributed by atoms with Gasteiger partial charge in [0.2, 0.25) is 0 Å². The molecule has 0 amide bonds. The van der Waals surface area contributed by atoms with Gasteiger partial charge in [-0.15, -0.1) is 0 Å². The molecule has 1 N–H and O–H groups in total. The van der Waals surface area contributed by atoms with Crippen LogP contribution in [0.3, 0.4) is 0 Å². The minimum absolute atomic E-state index is 0.408. The topological polar surface area (TPSA) is 80.7 Å². The van der Waals surface area contributed by atoms with Gasteiger partial charge >= 0.3 is 5.97 Å². The quantitative estimate of drug-likeness (QED) is 0.919. The smallest absolute Gasteiger partial charge is 0.324 e. The van der Waals surface area contributed by atoms with Crippen LogP contribution in [0.5, 0.6) is 5.75 Å². The van der Waals surface area contributed by atoms with Crippen molar-refractivity contribution in [1.29, 1.82) is 0 Å². The van der Waals surface area contributed by atoms with Gasteiger partial charge in [-0.2, -0.15) is 0 Å². The monoisotopic (exact) mass is 318 g/mol. The van der Waals surface area contributed by atoms with E-state index in [1.165, 1.54) is 19.9 Å². The predicted molar refractivity (Wildman–Crippen MR) is 75.0 cm³/mol. The van der Waals surface area contributed by atoms with Crippen LogP contribution in [0.2, 0.25) is 5.02 Å². The molecule has 0 unspecified atom stereocenters. The molecule has 1 aliphatic heterocycles. The Bertz CT molecular complexity index is 664. The second-order valence-corrected chi connectivity index (χ2v) is 8.20. The number of rotatable bonds is 4. The molecule has 0 bridgehead atoms. The first-order valence-corrected chi connectivity index (χ1v) is 8.08. The molecule has 0 aromatic heterocycles. The number of ether oxygens (including phenoxy) is 1. The standard InChI is InChI=1S/C13H15ClO5S/c1-13(2,12(15)16)20(17,18)7-9-6-10(14)5-8-3-4-19-11(8)9/h5-6H,3-4,7H2,1-2H3,(H,15,16). The van der Waals surface area contributed by atoms with E-state index in [9.17, 15) is 13.2 Å². The van der Waals surface area contributed by atoms with Gasteiger partial charge in [0.1, 0.15) is 5.75 Å². The lowest BCUT2D eigenvalue weighted by Gasteiger charge is -2.20. The Morgan fingerprint density at radius 1 is 1.45 bits per heavy atom. The lowest BCUT2D eigenvalue weighted by Crippen LogP contribution is -2.41. The number of carboxylic acids is 1. The first kappa shape index (κ1) is 15.1. The molecule has 0 atom stereocenters. The van der Waals surface area contributed by atoms with Crippen LogP contribution in [-0.4, -0.2) is 30.8 Å². The van der Waals surface area contributed by atoms with E-state index in [4.69, 9.17) is 21.4 Å².